The molecule has 0 aliphatic heterocycles. The third-order valence-corrected chi connectivity index (χ3v) is 5.66. The molecule has 1 unspecified atom stereocenters. The molecule has 0 spiro atoms. The van der Waals surface area contributed by atoms with Gasteiger partial charge in [-0.15, -0.1) is 0 Å². The van der Waals surface area contributed by atoms with Crippen molar-refractivity contribution in [2.75, 3.05) is 14.1 Å². The molecule has 0 saturated carbocycles. The monoisotopic (exact) mass is 550 g/mol. The number of hydrogen-bond donors (Lipinski definition) is 1. The predicted molar refractivity (Wildman–Crippen MR) is 127 cm³/mol. The van der Waals surface area contributed by atoms with Crippen molar-refractivity contribution in [1.82, 2.24) is 29.7 Å². The fraction of sp³-hybridized carbons (Fsp3) is 0.240. The highest BCUT2D eigenvalue weighted by molar-refractivity contribution is 5.95. The summed E-state index contributed by atoms with van der Waals surface area (Å²) in [6.07, 6.45) is -7.39. The van der Waals surface area contributed by atoms with Gasteiger partial charge in [-0.2, -0.15) is 26.3 Å². The Bertz CT molecular complexity index is 1510. The van der Waals surface area contributed by atoms with Crippen molar-refractivity contribution in [3.63, 3.8) is 0 Å². The van der Waals surface area contributed by atoms with E-state index in [4.69, 9.17) is 0 Å². The van der Waals surface area contributed by atoms with Crippen molar-refractivity contribution in [1.29, 1.82) is 0 Å². The van der Waals surface area contributed by atoms with Gasteiger partial charge in [0.25, 0.3) is 11.8 Å². The SMILES string of the molecule is CC(NC(=O)c1cc(C(F)(F)F)cc(C(F)(F)F)c1)c1nc2cccnc2n1-c1ccc(C(=O)N(C)C)cn1. The van der Waals surface area contributed by atoms with E-state index < -0.39 is 41.0 Å². The minimum absolute atomic E-state index is 0.0539. The Balaban J connectivity index is 1.73. The van der Waals surface area contributed by atoms with Crippen molar-refractivity contribution < 1.29 is 35.9 Å². The van der Waals surface area contributed by atoms with Gasteiger partial charge in [-0.05, 0) is 49.4 Å². The number of alkyl halides is 6. The number of amides is 2. The summed E-state index contributed by atoms with van der Waals surface area (Å²) >= 11 is 0. The van der Waals surface area contributed by atoms with Gasteiger partial charge < -0.3 is 10.2 Å². The Morgan fingerprint density at radius 1 is 0.923 bits per heavy atom. The molecule has 3 heterocycles. The first-order chi connectivity index (χ1) is 18.2. The van der Waals surface area contributed by atoms with E-state index in [1.165, 1.54) is 40.9 Å². The van der Waals surface area contributed by atoms with Gasteiger partial charge in [0.2, 0.25) is 0 Å². The van der Waals surface area contributed by atoms with Crippen LogP contribution in [-0.2, 0) is 12.4 Å². The van der Waals surface area contributed by atoms with Gasteiger partial charge in [0.05, 0.1) is 22.7 Å². The molecule has 204 valence electrons. The second-order valence-corrected chi connectivity index (χ2v) is 8.75. The largest absolute Gasteiger partial charge is 0.416 e. The summed E-state index contributed by atoms with van der Waals surface area (Å²) in [7, 11) is 3.15. The number of carbonyl (C=O) groups is 2. The maximum Gasteiger partial charge on any atom is 0.416 e. The highest BCUT2D eigenvalue weighted by Crippen LogP contribution is 2.36. The fourth-order valence-electron chi connectivity index (χ4n) is 3.78. The Morgan fingerprint density at radius 2 is 1.56 bits per heavy atom. The average molecular weight is 550 g/mol. The molecule has 1 atom stereocenters. The zero-order valence-corrected chi connectivity index (χ0v) is 20.6. The molecule has 0 fully saturated rings. The second kappa shape index (κ2) is 10.0. The van der Waals surface area contributed by atoms with E-state index in [-0.39, 0.29) is 23.6 Å². The number of pyridine rings is 2. The van der Waals surface area contributed by atoms with Gasteiger partial charge in [0, 0.05) is 32.1 Å². The van der Waals surface area contributed by atoms with Crippen LogP contribution in [0.15, 0.2) is 54.9 Å². The van der Waals surface area contributed by atoms with Gasteiger partial charge in [-0.3, -0.25) is 14.2 Å². The summed E-state index contributed by atoms with van der Waals surface area (Å²) < 4.78 is 81.0. The zero-order chi connectivity index (χ0) is 28.7. The van der Waals surface area contributed by atoms with E-state index >= 15 is 0 Å². The predicted octanol–water partition coefficient (Wildman–Crippen LogP) is 5.05. The third kappa shape index (κ3) is 5.68. The van der Waals surface area contributed by atoms with Crippen LogP contribution in [0.3, 0.4) is 0 Å². The number of hydrogen-bond acceptors (Lipinski definition) is 5. The Hall–Kier alpha value is -4.49. The second-order valence-electron chi connectivity index (χ2n) is 8.75. The zero-order valence-electron chi connectivity index (χ0n) is 20.6. The minimum atomic E-state index is -5.10. The quantitative estimate of drug-likeness (QED) is 0.352. The van der Waals surface area contributed by atoms with E-state index in [0.29, 0.717) is 28.9 Å². The van der Waals surface area contributed by atoms with Gasteiger partial charge >= 0.3 is 12.4 Å². The van der Waals surface area contributed by atoms with Crippen LogP contribution in [0, 0.1) is 0 Å². The molecule has 0 bridgehead atoms. The molecule has 3 aromatic heterocycles. The number of halogens is 6. The topological polar surface area (TPSA) is 93.0 Å². The molecule has 4 rings (SSSR count). The van der Waals surface area contributed by atoms with Crippen molar-refractivity contribution >= 4 is 23.0 Å². The standard InChI is InChI=1S/C25H20F6N6O2/c1-13(34-22(38)15-9-16(24(26,27)28)11-17(10-15)25(29,30)31)20-35-18-5-4-8-32-21(18)37(20)19-7-6-14(12-33-19)23(39)36(2)3/h4-13H,1-3H3,(H,34,38). The smallest absolute Gasteiger partial charge is 0.345 e. The number of carbonyl (C=O) groups excluding carboxylic acids is 2. The first kappa shape index (κ1) is 27.5. The lowest BCUT2D eigenvalue weighted by Gasteiger charge is -2.18. The lowest BCUT2D eigenvalue weighted by atomic mass is 10.0. The molecule has 0 saturated heterocycles. The van der Waals surface area contributed by atoms with Crippen LogP contribution >= 0.6 is 0 Å². The summed E-state index contributed by atoms with van der Waals surface area (Å²) in [4.78, 5) is 39.5. The molecule has 8 nitrogen and oxygen atoms in total. The van der Waals surface area contributed by atoms with Crippen LogP contribution in [0.1, 0.15) is 50.6 Å². The number of nitrogens with one attached hydrogen (secondary N) is 1. The molecular weight excluding hydrogens is 530 g/mol. The molecule has 39 heavy (non-hydrogen) atoms. The third-order valence-electron chi connectivity index (χ3n) is 5.66. The number of nitrogens with zero attached hydrogens (tertiary/aromatic N) is 5. The molecule has 14 heteroatoms. The molecule has 0 aliphatic carbocycles. The van der Waals surface area contributed by atoms with Crippen LogP contribution in [-0.4, -0.2) is 50.3 Å². The summed E-state index contributed by atoms with van der Waals surface area (Å²) in [5, 5.41) is 2.41. The number of fused-ring (bicyclic) bond motifs is 1. The lowest BCUT2D eigenvalue weighted by molar-refractivity contribution is -0.143. The van der Waals surface area contributed by atoms with Crippen molar-refractivity contribution in [3.05, 3.63) is 82.9 Å². The maximum absolute atomic E-state index is 13.3. The van der Waals surface area contributed by atoms with E-state index in [9.17, 15) is 35.9 Å². The summed E-state index contributed by atoms with van der Waals surface area (Å²) in [6.45, 7) is 1.46. The maximum atomic E-state index is 13.3. The molecular formula is C25H20F6N6O2. The van der Waals surface area contributed by atoms with Crippen LogP contribution < -0.4 is 5.32 Å². The van der Waals surface area contributed by atoms with Crippen molar-refractivity contribution in [2.45, 2.75) is 25.3 Å². The number of rotatable bonds is 5. The number of benzene rings is 1. The highest BCUT2D eigenvalue weighted by atomic mass is 19.4. The van der Waals surface area contributed by atoms with E-state index in [2.05, 4.69) is 20.3 Å². The first-order valence-corrected chi connectivity index (χ1v) is 11.3. The lowest BCUT2D eigenvalue weighted by Crippen LogP contribution is -2.29. The average Bonchev–Trinajstić information content (AvgIpc) is 3.27. The molecule has 1 aromatic carbocycles. The Morgan fingerprint density at radius 3 is 2.10 bits per heavy atom. The van der Waals surface area contributed by atoms with Crippen LogP contribution in [0.5, 0.6) is 0 Å². The van der Waals surface area contributed by atoms with Crippen molar-refractivity contribution in [3.8, 4) is 5.82 Å². The van der Waals surface area contributed by atoms with E-state index in [1.807, 2.05) is 0 Å². The van der Waals surface area contributed by atoms with E-state index in [0.717, 1.165) is 0 Å². The van der Waals surface area contributed by atoms with Gasteiger partial charge in [-0.1, -0.05) is 0 Å². The molecule has 0 radical (unpaired) electrons. The normalized spacial score (nSPS) is 12.8. The van der Waals surface area contributed by atoms with Gasteiger partial charge in [0.15, 0.2) is 5.65 Å². The highest BCUT2D eigenvalue weighted by Gasteiger charge is 2.37. The van der Waals surface area contributed by atoms with Crippen LogP contribution in [0.25, 0.3) is 17.0 Å². The Kier molecular flexibility index (Phi) is 7.06. The molecule has 0 aliphatic rings. The van der Waals surface area contributed by atoms with Gasteiger partial charge in [-0.25, -0.2) is 15.0 Å². The first-order valence-electron chi connectivity index (χ1n) is 11.3. The fourth-order valence-corrected chi connectivity index (χ4v) is 3.78. The molecule has 1 N–H and O–H groups in total. The number of imidazole rings is 1. The summed E-state index contributed by atoms with van der Waals surface area (Å²) in [6, 6.07) is 5.92. The summed E-state index contributed by atoms with van der Waals surface area (Å²) in [5.74, 6) is -1.05. The van der Waals surface area contributed by atoms with Gasteiger partial charge in [0.1, 0.15) is 17.2 Å². The Labute approximate surface area is 217 Å². The van der Waals surface area contributed by atoms with Crippen LogP contribution in [0.4, 0.5) is 26.3 Å². The molecule has 4 aromatic rings. The summed E-state index contributed by atoms with van der Waals surface area (Å²) in [5.41, 5.74) is -3.02. The minimum Gasteiger partial charge on any atom is -0.345 e. The number of aromatic nitrogens is 4. The van der Waals surface area contributed by atoms with E-state index in [1.54, 1.807) is 26.2 Å². The van der Waals surface area contributed by atoms with Crippen molar-refractivity contribution in [2.24, 2.45) is 0 Å². The molecule has 2 amide bonds. The van der Waals surface area contributed by atoms with Crippen LogP contribution in [0.2, 0.25) is 0 Å².